The second-order valence-electron chi connectivity index (χ2n) is 5.36. The average Bonchev–Trinajstić information content (AvgIpc) is 2.39. The molecule has 104 valence electrons. The van der Waals surface area contributed by atoms with Gasteiger partial charge in [0.05, 0.1) is 0 Å². The van der Waals surface area contributed by atoms with Gasteiger partial charge in [0.2, 0.25) is 0 Å². The first-order chi connectivity index (χ1) is 9.08. The summed E-state index contributed by atoms with van der Waals surface area (Å²) in [6.07, 6.45) is 2.40. The highest BCUT2D eigenvalue weighted by molar-refractivity contribution is 6.30. The molecule has 1 aromatic rings. The van der Waals surface area contributed by atoms with Crippen molar-refractivity contribution < 1.29 is 4.79 Å². The van der Waals surface area contributed by atoms with Crippen LogP contribution in [-0.2, 0) is 0 Å². The molecule has 3 nitrogen and oxygen atoms in total. The summed E-state index contributed by atoms with van der Waals surface area (Å²) in [7, 11) is 1.88. The number of benzene rings is 1. The molecule has 19 heavy (non-hydrogen) atoms. The molecule has 0 aliphatic carbocycles. The molecule has 1 aliphatic heterocycles. The summed E-state index contributed by atoms with van der Waals surface area (Å²) < 4.78 is 0. The van der Waals surface area contributed by atoms with Crippen molar-refractivity contribution in [2.24, 2.45) is 5.92 Å². The number of carbonyl (C=O) groups excluding carboxylic acids is 1. The third-order valence-electron chi connectivity index (χ3n) is 3.70. The lowest BCUT2D eigenvalue weighted by Gasteiger charge is -2.28. The van der Waals surface area contributed by atoms with Gasteiger partial charge >= 0.3 is 0 Å². The van der Waals surface area contributed by atoms with E-state index >= 15 is 0 Å². The molecular formula is C15H21ClN2O. The third kappa shape index (κ3) is 3.71. The highest BCUT2D eigenvalue weighted by Gasteiger charge is 2.19. The van der Waals surface area contributed by atoms with Gasteiger partial charge in [-0.3, -0.25) is 4.79 Å². The number of carbonyl (C=O) groups is 1. The van der Waals surface area contributed by atoms with Gasteiger partial charge in [-0.2, -0.15) is 0 Å². The molecule has 2 rings (SSSR count). The number of halogens is 1. The zero-order valence-electron chi connectivity index (χ0n) is 11.6. The molecule has 1 aliphatic rings. The molecule has 4 heteroatoms. The first-order valence-electron chi connectivity index (χ1n) is 6.80. The summed E-state index contributed by atoms with van der Waals surface area (Å²) in [5.41, 5.74) is 1.68. The lowest BCUT2D eigenvalue weighted by atomic mass is 9.98. The minimum absolute atomic E-state index is 0.0831. The van der Waals surface area contributed by atoms with E-state index < -0.39 is 0 Å². The Bertz CT molecular complexity index is 455. The van der Waals surface area contributed by atoms with Crippen molar-refractivity contribution in [1.29, 1.82) is 0 Å². The quantitative estimate of drug-likeness (QED) is 0.923. The summed E-state index contributed by atoms with van der Waals surface area (Å²) in [6.45, 7) is 4.85. The second kappa shape index (κ2) is 6.40. The van der Waals surface area contributed by atoms with Crippen molar-refractivity contribution in [3.05, 3.63) is 34.3 Å². The fraction of sp³-hybridized carbons (Fsp3) is 0.533. The van der Waals surface area contributed by atoms with Gasteiger partial charge in [-0.1, -0.05) is 11.6 Å². The first-order valence-corrected chi connectivity index (χ1v) is 7.18. The van der Waals surface area contributed by atoms with E-state index in [-0.39, 0.29) is 5.91 Å². The van der Waals surface area contributed by atoms with Crippen LogP contribution in [-0.4, -0.2) is 37.5 Å². The zero-order valence-corrected chi connectivity index (χ0v) is 12.3. The maximum Gasteiger partial charge on any atom is 0.253 e. The second-order valence-corrected chi connectivity index (χ2v) is 5.79. The fourth-order valence-corrected chi connectivity index (χ4v) is 2.85. The Labute approximate surface area is 119 Å². The Kier molecular flexibility index (Phi) is 4.83. The van der Waals surface area contributed by atoms with Gasteiger partial charge in [-0.15, -0.1) is 0 Å². The number of hydrogen-bond acceptors (Lipinski definition) is 2. The van der Waals surface area contributed by atoms with Crippen LogP contribution in [0.2, 0.25) is 5.02 Å². The molecule has 1 heterocycles. The number of piperidine rings is 1. The molecule has 1 unspecified atom stereocenters. The Morgan fingerprint density at radius 2 is 2.32 bits per heavy atom. The average molecular weight is 281 g/mol. The van der Waals surface area contributed by atoms with Crippen LogP contribution in [0.5, 0.6) is 0 Å². The van der Waals surface area contributed by atoms with Crippen molar-refractivity contribution in [2.75, 3.05) is 26.7 Å². The molecule has 1 aromatic carbocycles. The zero-order chi connectivity index (χ0) is 13.8. The molecule has 1 N–H and O–H groups in total. The van der Waals surface area contributed by atoms with E-state index in [0.29, 0.717) is 10.9 Å². The van der Waals surface area contributed by atoms with Gasteiger partial charge < -0.3 is 10.2 Å². The van der Waals surface area contributed by atoms with Crippen molar-refractivity contribution in [1.82, 2.24) is 10.2 Å². The fourth-order valence-electron chi connectivity index (χ4n) is 2.62. The summed E-state index contributed by atoms with van der Waals surface area (Å²) in [5, 5.41) is 4.06. The third-order valence-corrected chi connectivity index (χ3v) is 3.93. The van der Waals surface area contributed by atoms with Gasteiger partial charge in [0.15, 0.2) is 0 Å². The SMILES string of the molecule is Cc1cc(Cl)ccc1C(=O)N(C)CC1CCCNC1. The topological polar surface area (TPSA) is 32.3 Å². The maximum absolute atomic E-state index is 12.4. The van der Waals surface area contributed by atoms with Crippen molar-refractivity contribution in [3.8, 4) is 0 Å². The van der Waals surface area contributed by atoms with Crippen LogP contribution in [0.4, 0.5) is 0 Å². The van der Waals surface area contributed by atoms with Crippen LogP contribution in [0.15, 0.2) is 18.2 Å². The molecule has 1 saturated heterocycles. The van der Waals surface area contributed by atoms with Gasteiger partial charge in [0.1, 0.15) is 0 Å². The van der Waals surface area contributed by atoms with Gasteiger partial charge in [0, 0.05) is 24.2 Å². The minimum atomic E-state index is 0.0831. The van der Waals surface area contributed by atoms with E-state index in [1.165, 1.54) is 12.8 Å². The summed E-state index contributed by atoms with van der Waals surface area (Å²) in [5.74, 6) is 0.648. The molecule has 1 atom stereocenters. The largest absolute Gasteiger partial charge is 0.341 e. The van der Waals surface area contributed by atoms with Crippen LogP contribution >= 0.6 is 11.6 Å². The predicted molar refractivity (Wildman–Crippen MR) is 78.7 cm³/mol. The molecule has 1 fully saturated rings. The maximum atomic E-state index is 12.4. The number of amides is 1. The van der Waals surface area contributed by atoms with Crippen LogP contribution in [0.3, 0.4) is 0 Å². The molecule has 0 bridgehead atoms. The van der Waals surface area contributed by atoms with Gasteiger partial charge in [-0.25, -0.2) is 0 Å². The predicted octanol–water partition coefficient (Wildman–Crippen LogP) is 2.72. The molecule has 0 saturated carbocycles. The van der Waals surface area contributed by atoms with Crippen LogP contribution in [0, 0.1) is 12.8 Å². The van der Waals surface area contributed by atoms with E-state index in [2.05, 4.69) is 5.32 Å². The number of nitrogens with zero attached hydrogens (tertiary/aromatic N) is 1. The van der Waals surface area contributed by atoms with Gasteiger partial charge in [-0.05, 0) is 62.5 Å². The Morgan fingerprint density at radius 1 is 1.53 bits per heavy atom. The van der Waals surface area contributed by atoms with E-state index in [9.17, 15) is 4.79 Å². The normalized spacial score (nSPS) is 19.2. The molecule has 0 spiro atoms. The van der Waals surface area contributed by atoms with E-state index in [0.717, 1.165) is 30.8 Å². The standard InChI is InChI=1S/C15H21ClN2O/c1-11-8-13(16)5-6-14(11)15(19)18(2)10-12-4-3-7-17-9-12/h5-6,8,12,17H,3-4,7,9-10H2,1-2H3. The number of aryl methyl sites for hydroxylation is 1. The Balaban J connectivity index is 2.01. The smallest absolute Gasteiger partial charge is 0.253 e. The van der Waals surface area contributed by atoms with Crippen molar-refractivity contribution in [2.45, 2.75) is 19.8 Å². The molecule has 1 amide bonds. The molecule has 0 radical (unpaired) electrons. The number of hydrogen-bond donors (Lipinski definition) is 1. The van der Waals surface area contributed by atoms with Crippen LogP contribution in [0.1, 0.15) is 28.8 Å². The van der Waals surface area contributed by atoms with Crippen molar-refractivity contribution in [3.63, 3.8) is 0 Å². The summed E-state index contributed by atoms with van der Waals surface area (Å²) in [6, 6.07) is 5.43. The summed E-state index contributed by atoms with van der Waals surface area (Å²) in [4.78, 5) is 14.2. The van der Waals surface area contributed by atoms with Crippen LogP contribution in [0.25, 0.3) is 0 Å². The van der Waals surface area contributed by atoms with E-state index in [4.69, 9.17) is 11.6 Å². The first kappa shape index (κ1) is 14.4. The molecular weight excluding hydrogens is 260 g/mol. The highest BCUT2D eigenvalue weighted by Crippen LogP contribution is 2.18. The molecule has 0 aromatic heterocycles. The Hall–Kier alpha value is -1.06. The van der Waals surface area contributed by atoms with Crippen molar-refractivity contribution >= 4 is 17.5 Å². The van der Waals surface area contributed by atoms with Crippen LogP contribution < -0.4 is 5.32 Å². The van der Waals surface area contributed by atoms with Gasteiger partial charge in [0.25, 0.3) is 5.91 Å². The van der Waals surface area contributed by atoms with E-state index in [1.807, 2.05) is 31.0 Å². The number of rotatable bonds is 3. The monoisotopic (exact) mass is 280 g/mol. The summed E-state index contributed by atoms with van der Waals surface area (Å²) >= 11 is 5.92. The number of nitrogens with one attached hydrogen (secondary N) is 1. The lowest BCUT2D eigenvalue weighted by Crippen LogP contribution is -2.39. The minimum Gasteiger partial charge on any atom is -0.341 e. The Morgan fingerprint density at radius 3 is 2.95 bits per heavy atom. The van der Waals surface area contributed by atoms with E-state index in [1.54, 1.807) is 6.07 Å². The lowest BCUT2D eigenvalue weighted by molar-refractivity contribution is 0.0764. The highest BCUT2D eigenvalue weighted by atomic mass is 35.5.